The van der Waals surface area contributed by atoms with Crippen molar-refractivity contribution in [1.29, 1.82) is 0 Å². The first-order valence-electron chi connectivity index (χ1n) is 4.83. The zero-order valence-corrected chi connectivity index (χ0v) is 9.31. The van der Waals surface area contributed by atoms with Gasteiger partial charge in [0.15, 0.2) is 0 Å². The fourth-order valence-electron chi connectivity index (χ4n) is 1.31. The number of carbonyl (C=O) groups excluding carboxylic acids is 2. The van der Waals surface area contributed by atoms with Crippen LogP contribution in [-0.4, -0.2) is 18.9 Å². The summed E-state index contributed by atoms with van der Waals surface area (Å²) in [6.07, 6.45) is 1.13. The number of anilines is 1. The van der Waals surface area contributed by atoms with Gasteiger partial charge in [0.2, 0.25) is 5.91 Å². The number of benzene rings is 1. The van der Waals surface area contributed by atoms with Crippen molar-refractivity contribution in [3.63, 3.8) is 0 Å². The lowest BCUT2D eigenvalue weighted by Gasteiger charge is -2.17. The summed E-state index contributed by atoms with van der Waals surface area (Å²) >= 11 is 0. The van der Waals surface area contributed by atoms with Crippen molar-refractivity contribution < 1.29 is 9.59 Å². The fourth-order valence-corrected chi connectivity index (χ4v) is 1.31. The van der Waals surface area contributed by atoms with Gasteiger partial charge in [0.1, 0.15) is 0 Å². The van der Waals surface area contributed by atoms with E-state index < -0.39 is 5.91 Å². The van der Waals surface area contributed by atoms with Crippen LogP contribution in [0.5, 0.6) is 0 Å². The van der Waals surface area contributed by atoms with Crippen LogP contribution in [0.3, 0.4) is 0 Å². The lowest BCUT2D eigenvalue weighted by atomic mass is 10.2. The Morgan fingerprint density at radius 3 is 2.31 bits per heavy atom. The molecule has 2 amide bonds. The van der Waals surface area contributed by atoms with E-state index in [4.69, 9.17) is 5.73 Å². The fraction of sp³-hybridized carbons (Fsp3) is 0.167. The SMILES string of the molecule is CC(=CC(N)=O)C(=O)N(C)c1ccccc1. The average Bonchev–Trinajstić information content (AvgIpc) is 2.27. The Morgan fingerprint density at radius 1 is 1.25 bits per heavy atom. The molecule has 0 aliphatic rings. The van der Waals surface area contributed by atoms with Crippen LogP contribution in [-0.2, 0) is 9.59 Å². The summed E-state index contributed by atoms with van der Waals surface area (Å²) in [7, 11) is 1.65. The average molecular weight is 218 g/mol. The van der Waals surface area contributed by atoms with Crippen LogP contribution >= 0.6 is 0 Å². The number of likely N-dealkylation sites (N-methyl/N-ethyl adjacent to an activating group) is 1. The number of nitrogens with zero attached hydrogens (tertiary/aromatic N) is 1. The highest BCUT2D eigenvalue weighted by Gasteiger charge is 2.12. The molecule has 16 heavy (non-hydrogen) atoms. The Morgan fingerprint density at radius 2 is 1.81 bits per heavy atom. The molecule has 0 aromatic heterocycles. The number of primary amides is 1. The molecule has 4 heteroatoms. The van der Waals surface area contributed by atoms with Gasteiger partial charge in [-0.15, -0.1) is 0 Å². The van der Waals surface area contributed by atoms with Gasteiger partial charge in [0, 0.05) is 24.4 Å². The van der Waals surface area contributed by atoms with E-state index >= 15 is 0 Å². The molecule has 0 radical (unpaired) electrons. The van der Waals surface area contributed by atoms with E-state index in [2.05, 4.69) is 0 Å². The number of amides is 2. The number of hydrogen-bond acceptors (Lipinski definition) is 2. The van der Waals surface area contributed by atoms with E-state index in [0.717, 1.165) is 11.8 Å². The Labute approximate surface area is 94.4 Å². The van der Waals surface area contributed by atoms with Gasteiger partial charge in [-0.3, -0.25) is 9.59 Å². The van der Waals surface area contributed by atoms with Crippen LogP contribution in [0.2, 0.25) is 0 Å². The van der Waals surface area contributed by atoms with Crippen molar-refractivity contribution in [3.8, 4) is 0 Å². The summed E-state index contributed by atoms with van der Waals surface area (Å²) in [5, 5.41) is 0. The third-order valence-corrected chi connectivity index (χ3v) is 2.14. The number of para-hydroxylation sites is 1. The second kappa shape index (κ2) is 5.11. The summed E-state index contributed by atoms with van der Waals surface area (Å²) in [6, 6.07) is 9.18. The molecular formula is C12H14N2O2. The maximum atomic E-state index is 11.8. The van der Waals surface area contributed by atoms with E-state index in [-0.39, 0.29) is 5.91 Å². The first-order chi connectivity index (χ1) is 7.52. The molecule has 1 rings (SSSR count). The molecule has 84 valence electrons. The van der Waals surface area contributed by atoms with Crippen molar-refractivity contribution in [2.75, 3.05) is 11.9 Å². The first-order valence-corrected chi connectivity index (χ1v) is 4.83. The Kier molecular flexibility index (Phi) is 3.83. The lowest BCUT2D eigenvalue weighted by Crippen LogP contribution is -2.27. The molecule has 0 aliphatic heterocycles. The van der Waals surface area contributed by atoms with Gasteiger partial charge in [-0.25, -0.2) is 0 Å². The summed E-state index contributed by atoms with van der Waals surface area (Å²) in [6.45, 7) is 1.56. The van der Waals surface area contributed by atoms with Gasteiger partial charge in [-0.05, 0) is 19.1 Å². The minimum absolute atomic E-state index is 0.245. The van der Waals surface area contributed by atoms with Crippen molar-refractivity contribution in [2.45, 2.75) is 6.92 Å². The second-order valence-electron chi connectivity index (χ2n) is 3.43. The van der Waals surface area contributed by atoms with Crippen LogP contribution in [0.15, 0.2) is 42.0 Å². The van der Waals surface area contributed by atoms with Gasteiger partial charge in [0.05, 0.1) is 0 Å². The summed E-state index contributed by atoms with van der Waals surface area (Å²) in [5.74, 6) is -0.864. The second-order valence-corrected chi connectivity index (χ2v) is 3.43. The van der Waals surface area contributed by atoms with Gasteiger partial charge in [0.25, 0.3) is 5.91 Å². The zero-order valence-electron chi connectivity index (χ0n) is 9.31. The smallest absolute Gasteiger partial charge is 0.253 e. The largest absolute Gasteiger partial charge is 0.366 e. The summed E-state index contributed by atoms with van der Waals surface area (Å²) < 4.78 is 0. The van der Waals surface area contributed by atoms with Crippen LogP contribution in [0.1, 0.15) is 6.92 Å². The minimum atomic E-state index is -0.618. The summed E-state index contributed by atoms with van der Waals surface area (Å²) in [5.41, 5.74) is 6.07. The number of carbonyl (C=O) groups is 2. The molecule has 0 saturated carbocycles. The Balaban J connectivity index is 2.87. The van der Waals surface area contributed by atoms with Crippen molar-refractivity contribution in [3.05, 3.63) is 42.0 Å². The molecule has 1 aromatic rings. The van der Waals surface area contributed by atoms with E-state index in [9.17, 15) is 9.59 Å². The van der Waals surface area contributed by atoms with Crippen molar-refractivity contribution >= 4 is 17.5 Å². The van der Waals surface area contributed by atoms with E-state index in [0.29, 0.717) is 5.57 Å². The first kappa shape index (κ1) is 12.0. The van der Waals surface area contributed by atoms with Gasteiger partial charge >= 0.3 is 0 Å². The van der Waals surface area contributed by atoms with Gasteiger partial charge in [-0.1, -0.05) is 18.2 Å². The van der Waals surface area contributed by atoms with Gasteiger partial charge in [-0.2, -0.15) is 0 Å². The van der Waals surface area contributed by atoms with Crippen LogP contribution < -0.4 is 10.6 Å². The maximum absolute atomic E-state index is 11.8. The molecule has 0 bridgehead atoms. The number of rotatable bonds is 3. The Hall–Kier alpha value is -2.10. The molecular weight excluding hydrogens is 204 g/mol. The Bertz CT molecular complexity index is 424. The van der Waals surface area contributed by atoms with E-state index in [1.807, 2.05) is 30.3 Å². The van der Waals surface area contributed by atoms with Crippen molar-refractivity contribution in [2.24, 2.45) is 5.73 Å². The van der Waals surface area contributed by atoms with Crippen LogP contribution in [0, 0.1) is 0 Å². The lowest BCUT2D eigenvalue weighted by molar-refractivity contribution is -0.116. The monoisotopic (exact) mass is 218 g/mol. The third-order valence-electron chi connectivity index (χ3n) is 2.14. The van der Waals surface area contributed by atoms with Gasteiger partial charge < -0.3 is 10.6 Å². The molecule has 0 spiro atoms. The maximum Gasteiger partial charge on any atom is 0.253 e. The molecule has 4 nitrogen and oxygen atoms in total. The topological polar surface area (TPSA) is 63.4 Å². The standard InChI is InChI=1S/C12H14N2O2/c1-9(8-11(13)15)12(16)14(2)10-6-4-3-5-7-10/h3-8H,1-2H3,(H2,13,15). The third kappa shape index (κ3) is 2.95. The molecule has 1 aromatic carbocycles. The molecule has 2 N–H and O–H groups in total. The van der Waals surface area contributed by atoms with Crippen LogP contribution in [0.25, 0.3) is 0 Å². The molecule has 0 saturated heterocycles. The quantitative estimate of drug-likeness (QED) is 0.771. The molecule has 0 aliphatic carbocycles. The molecule has 0 heterocycles. The predicted octanol–water partition coefficient (Wildman–Crippen LogP) is 1.08. The molecule has 0 atom stereocenters. The van der Waals surface area contributed by atoms with E-state index in [1.165, 1.54) is 4.90 Å². The predicted molar refractivity (Wildman–Crippen MR) is 62.8 cm³/mol. The highest BCUT2D eigenvalue weighted by atomic mass is 16.2. The highest BCUT2D eigenvalue weighted by Crippen LogP contribution is 2.13. The van der Waals surface area contributed by atoms with E-state index in [1.54, 1.807) is 14.0 Å². The van der Waals surface area contributed by atoms with Crippen molar-refractivity contribution in [1.82, 2.24) is 0 Å². The minimum Gasteiger partial charge on any atom is -0.366 e. The normalized spacial score (nSPS) is 11.0. The zero-order chi connectivity index (χ0) is 12.1. The summed E-state index contributed by atoms with van der Waals surface area (Å²) in [4.78, 5) is 23.9. The van der Waals surface area contributed by atoms with Crippen LogP contribution in [0.4, 0.5) is 5.69 Å². The highest BCUT2D eigenvalue weighted by molar-refractivity contribution is 6.08. The molecule has 0 fully saturated rings. The number of nitrogens with two attached hydrogens (primary N) is 1. The molecule has 0 unspecified atom stereocenters. The number of hydrogen-bond donors (Lipinski definition) is 1.